The van der Waals surface area contributed by atoms with E-state index >= 15 is 0 Å². The molecule has 1 amide bonds. The number of nitrogens with one attached hydrogen (secondary N) is 2. The van der Waals surface area contributed by atoms with Crippen molar-refractivity contribution in [2.24, 2.45) is 0 Å². The van der Waals surface area contributed by atoms with Crippen LogP contribution in [-0.2, 0) is 27.8 Å². The zero-order chi connectivity index (χ0) is 18.2. The minimum Gasteiger partial charge on any atom is -0.337 e. The number of aromatic nitrogens is 2. The second-order valence-electron chi connectivity index (χ2n) is 6.38. The van der Waals surface area contributed by atoms with Crippen molar-refractivity contribution >= 4 is 15.9 Å². The van der Waals surface area contributed by atoms with Crippen LogP contribution in [0.25, 0.3) is 0 Å². The molecule has 3 rings (SSSR count). The van der Waals surface area contributed by atoms with Crippen molar-refractivity contribution in [1.29, 1.82) is 0 Å². The molecule has 7 nitrogen and oxygen atoms in total. The summed E-state index contributed by atoms with van der Waals surface area (Å²) in [7, 11) is -3.81. The summed E-state index contributed by atoms with van der Waals surface area (Å²) in [4.78, 5) is 14.5. The predicted octanol–water partition coefficient (Wildman–Crippen LogP) is 1.28. The molecule has 8 heteroatoms. The van der Waals surface area contributed by atoms with Crippen molar-refractivity contribution in [2.45, 2.75) is 44.7 Å². The van der Waals surface area contributed by atoms with Crippen molar-refractivity contribution in [3.63, 3.8) is 0 Å². The summed E-state index contributed by atoms with van der Waals surface area (Å²) in [6.07, 6.45) is 0.779. The summed E-state index contributed by atoms with van der Waals surface area (Å²) in [5.74, 6) is -0.225. The van der Waals surface area contributed by atoms with Gasteiger partial charge in [-0.25, -0.2) is 8.42 Å². The zero-order valence-corrected chi connectivity index (χ0v) is 15.4. The Morgan fingerprint density at radius 2 is 1.96 bits per heavy atom. The van der Waals surface area contributed by atoms with Gasteiger partial charge in [0.2, 0.25) is 15.9 Å². The molecule has 134 valence electrons. The van der Waals surface area contributed by atoms with Crippen LogP contribution < -0.4 is 4.72 Å². The Hall–Kier alpha value is -2.19. The highest BCUT2D eigenvalue weighted by atomic mass is 32.2. The molecule has 0 radical (unpaired) electrons. The van der Waals surface area contributed by atoms with E-state index in [9.17, 15) is 13.2 Å². The fourth-order valence-electron chi connectivity index (χ4n) is 3.24. The van der Waals surface area contributed by atoms with E-state index in [1.807, 2.05) is 18.2 Å². The van der Waals surface area contributed by atoms with Crippen LogP contribution in [0.1, 0.15) is 29.4 Å². The summed E-state index contributed by atoms with van der Waals surface area (Å²) in [5.41, 5.74) is 3.19. The lowest BCUT2D eigenvalue weighted by Gasteiger charge is -2.31. The first-order valence-electron chi connectivity index (χ1n) is 8.19. The molecule has 1 aromatic carbocycles. The lowest BCUT2D eigenvalue weighted by molar-refractivity contribution is -0.133. The van der Waals surface area contributed by atoms with E-state index in [1.54, 1.807) is 25.7 Å². The van der Waals surface area contributed by atoms with Crippen molar-refractivity contribution < 1.29 is 13.2 Å². The fourth-order valence-corrected chi connectivity index (χ4v) is 4.80. The molecule has 1 aromatic heterocycles. The van der Waals surface area contributed by atoms with Gasteiger partial charge in [0, 0.05) is 13.1 Å². The summed E-state index contributed by atoms with van der Waals surface area (Å²) in [6.45, 7) is 5.93. The smallest absolute Gasteiger partial charge is 0.244 e. The normalized spacial score (nSPS) is 15.7. The highest BCUT2D eigenvalue weighted by Crippen LogP contribution is 2.20. The number of amides is 1. The lowest BCUT2D eigenvalue weighted by Crippen LogP contribution is -2.48. The number of nitrogens with zero attached hydrogens (tertiary/aromatic N) is 2. The predicted molar refractivity (Wildman–Crippen MR) is 93.4 cm³/mol. The molecular weight excluding hydrogens is 340 g/mol. The van der Waals surface area contributed by atoms with Crippen molar-refractivity contribution in [3.8, 4) is 0 Å². The number of carbonyl (C=O) groups excluding carboxylic acids is 1. The molecule has 1 aliphatic heterocycles. The Labute approximate surface area is 147 Å². The third kappa shape index (κ3) is 3.45. The number of sulfonamides is 1. The van der Waals surface area contributed by atoms with Crippen molar-refractivity contribution in [2.75, 3.05) is 6.54 Å². The Bertz CT molecular complexity index is 885. The Balaban J connectivity index is 1.73. The van der Waals surface area contributed by atoms with Gasteiger partial charge in [-0.1, -0.05) is 24.3 Å². The molecule has 0 saturated carbocycles. The number of aryl methyl sites for hydroxylation is 2. The third-order valence-electron chi connectivity index (χ3n) is 4.47. The highest BCUT2D eigenvalue weighted by molar-refractivity contribution is 7.89. The number of hydrogen-bond acceptors (Lipinski definition) is 4. The molecule has 0 fully saturated rings. The van der Waals surface area contributed by atoms with Gasteiger partial charge >= 0.3 is 0 Å². The molecule has 1 atom stereocenters. The molecule has 1 aliphatic rings. The summed E-state index contributed by atoms with van der Waals surface area (Å²) < 4.78 is 27.7. The van der Waals surface area contributed by atoms with Gasteiger partial charge in [0.25, 0.3) is 0 Å². The lowest BCUT2D eigenvalue weighted by atomic mass is 9.99. The van der Waals surface area contributed by atoms with Gasteiger partial charge < -0.3 is 4.90 Å². The number of carbonyl (C=O) groups is 1. The van der Waals surface area contributed by atoms with E-state index in [0.717, 1.165) is 12.0 Å². The first-order valence-corrected chi connectivity index (χ1v) is 9.67. The topological polar surface area (TPSA) is 95.2 Å². The molecule has 2 aromatic rings. The number of fused-ring (bicyclic) bond motifs is 1. The number of H-pyrrole nitrogens is 1. The fraction of sp³-hybridized carbons (Fsp3) is 0.412. The van der Waals surface area contributed by atoms with Crippen LogP contribution in [0.5, 0.6) is 0 Å². The van der Waals surface area contributed by atoms with Crippen LogP contribution in [-0.4, -0.2) is 42.0 Å². The number of benzene rings is 1. The largest absolute Gasteiger partial charge is 0.337 e. The van der Waals surface area contributed by atoms with E-state index in [4.69, 9.17) is 0 Å². The minimum absolute atomic E-state index is 0.108. The van der Waals surface area contributed by atoms with Crippen LogP contribution in [0.2, 0.25) is 0 Å². The number of aromatic amines is 1. The summed E-state index contributed by atoms with van der Waals surface area (Å²) in [6, 6.07) is 7.16. The third-order valence-corrected chi connectivity index (χ3v) is 6.28. The van der Waals surface area contributed by atoms with E-state index in [-0.39, 0.29) is 10.8 Å². The van der Waals surface area contributed by atoms with Crippen molar-refractivity contribution in [1.82, 2.24) is 19.8 Å². The van der Waals surface area contributed by atoms with E-state index in [1.165, 1.54) is 5.56 Å². The molecule has 0 saturated heterocycles. The van der Waals surface area contributed by atoms with Gasteiger partial charge in [0.1, 0.15) is 4.90 Å². The van der Waals surface area contributed by atoms with Crippen LogP contribution in [0.4, 0.5) is 0 Å². The standard InChI is InChI=1S/C17H22N4O3S/c1-11-16(12(2)19-18-11)25(23,24)20-13(3)17(22)21-9-8-14-6-4-5-7-15(14)10-21/h4-7,13,20H,8-10H2,1-3H3,(H,18,19)/t13-/m0/s1. The molecule has 25 heavy (non-hydrogen) atoms. The molecule has 2 N–H and O–H groups in total. The molecule has 0 unspecified atom stereocenters. The van der Waals surface area contributed by atoms with Crippen LogP contribution in [0.15, 0.2) is 29.2 Å². The SMILES string of the molecule is Cc1n[nH]c(C)c1S(=O)(=O)N[C@@H](C)C(=O)N1CCc2ccccc2C1. The Kier molecular flexibility index (Phi) is 4.66. The summed E-state index contributed by atoms with van der Waals surface area (Å²) >= 11 is 0. The Morgan fingerprint density at radius 1 is 1.28 bits per heavy atom. The number of hydrogen-bond donors (Lipinski definition) is 2. The molecule has 0 bridgehead atoms. The minimum atomic E-state index is -3.81. The van der Waals surface area contributed by atoms with Crippen LogP contribution in [0.3, 0.4) is 0 Å². The first-order chi connectivity index (χ1) is 11.8. The van der Waals surface area contributed by atoms with Gasteiger partial charge in [0.05, 0.1) is 17.4 Å². The van der Waals surface area contributed by atoms with E-state index in [2.05, 4.69) is 21.0 Å². The zero-order valence-electron chi connectivity index (χ0n) is 14.5. The van der Waals surface area contributed by atoms with Gasteiger partial charge in [-0.3, -0.25) is 9.89 Å². The van der Waals surface area contributed by atoms with Crippen molar-refractivity contribution in [3.05, 3.63) is 46.8 Å². The Morgan fingerprint density at radius 3 is 2.60 bits per heavy atom. The van der Waals surface area contributed by atoms with Gasteiger partial charge in [0.15, 0.2) is 0 Å². The maximum atomic E-state index is 12.7. The average Bonchev–Trinajstić information content (AvgIpc) is 2.92. The average molecular weight is 362 g/mol. The van der Waals surface area contributed by atoms with Crippen LogP contribution >= 0.6 is 0 Å². The molecule has 0 aliphatic carbocycles. The monoisotopic (exact) mass is 362 g/mol. The number of rotatable bonds is 4. The van der Waals surface area contributed by atoms with Gasteiger partial charge in [-0.2, -0.15) is 9.82 Å². The second-order valence-corrected chi connectivity index (χ2v) is 8.04. The van der Waals surface area contributed by atoms with Crippen LogP contribution in [0, 0.1) is 13.8 Å². The maximum absolute atomic E-state index is 12.7. The molecular formula is C17H22N4O3S. The van der Waals surface area contributed by atoms with Gasteiger partial charge in [-0.05, 0) is 38.3 Å². The second kappa shape index (κ2) is 6.61. The quantitative estimate of drug-likeness (QED) is 0.856. The highest BCUT2D eigenvalue weighted by Gasteiger charge is 2.30. The first kappa shape index (κ1) is 17.6. The summed E-state index contributed by atoms with van der Waals surface area (Å²) in [5, 5.41) is 6.57. The molecule has 0 spiro atoms. The molecule has 2 heterocycles. The van der Waals surface area contributed by atoms with E-state index in [0.29, 0.717) is 24.5 Å². The van der Waals surface area contributed by atoms with E-state index < -0.39 is 16.1 Å². The maximum Gasteiger partial charge on any atom is 0.244 e. The van der Waals surface area contributed by atoms with Gasteiger partial charge in [-0.15, -0.1) is 0 Å².